The van der Waals surface area contributed by atoms with Crippen molar-refractivity contribution in [2.75, 3.05) is 19.5 Å². The van der Waals surface area contributed by atoms with Crippen molar-refractivity contribution >= 4 is 22.8 Å². The van der Waals surface area contributed by atoms with Gasteiger partial charge in [0.25, 0.3) is 5.91 Å². The van der Waals surface area contributed by atoms with E-state index in [1.165, 1.54) is 14.2 Å². The molecule has 3 aromatic carbocycles. The first kappa shape index (κ1) is 19.3. The first-order valence-corrected chi connectivity index (χ1v) is 9.27. The van der Waals surface area contributed by atoms with Crippen molar-refractivity contribution in [2.24, 2.45) is 0 Å². The highest BCUT2D eigenvalue weighted by Gasteiger charge is 2.19. The van der Waals surface area contributed by atoms with E-state index >= 15 is 0 Å². The highest BCUT2D eigenvalue weighted by Crippen LogP contribution is 2.31. The van der Waals surface area contributed by atoms with Crippen molar-refractivity contribution in [3.8, 4) is 22.6 Å². The third-order valence-electron chi connectivity index (χ3n) is 4.73. The number of ether oxygens (including phenoxy) is 2. The summed E-state index contributed by atoms with van der Waals surface area (Å²) in [6.45, 7) is 0. The van der Waals surface area contributed by atoms with Crippen molar-refractivity contribution in [3.63, 3.8) is 0 Å². The lowest BCUT2D eigenvalue weighted by atomic mass is 10.0. The Morgan fingerprint density at radius 2 is 1.57 bits per heavy atom. The molecule has 0 saturated heterocycles. The van der Waals surface area contributed by atoms with Crippen LogP contribution >= 0.6 is 0 Å². The van der Waals surface area contributed by atoms with E-state index in [9.17, 15) is 9.59 Å². The third-order valence-corrected chi connectivity index (χ3v) is 4.73. The van der Waals surface area contributed by atoms with Gasteiger partial charge in [-0.15, -0.1) is 0 Å². The molecule has 4 aromatic rings. The van der Waals surface area contributed by atoms with Crippen LogP contribution in [0.25, 0.3) is 22.1 Å². The van der Waals surface area contributed by atoms with E-state index < -0.39 is 5.91 Å². The van der Waals surface area contributed by atoms with Gasteiger partial charge in [-0.3, -0.25) is 14.9 Å². The second-order valence-electron chi connectivity index (χ2n) is 6.52. The summed E-state index contributed by atoms with van der Waals surface area (Å²) in [5.41, 5.74) is 1.46. The molecule has 4 rings (SSSR count). The molecule has 0 unspecified atom stereocenters. The topological polar surface area (TPSA) is 77.8 Å². The zero-order chi connectivity index (χ0) is 21.1. The molecule has 0 aliphatic heterocycles. The number of hydrogen-bond donors (Lipinski definition) is 1. The quantitative estimate of drug-likeness (QED) is 0.523. The normalized spacial score (nSPS) is 10.6. The molecule has 1 amide bonds. The molecule has 30 heavy (non-hydrogen) atoms. The lowest BCUT2D eigenvalue weighted by Gasteiger charge is -2.12. The van der Waals surface area contributed by atoms with E-state index in [-0.39, 0.29) is 11.3 Å². The van der Waals surface area contributed by atoms with Gasteiger partial charge in [-0.05, 0) is 35.9 Å². The number of anilines is 1. The van der Waals surface area contributed by atoms with Gasteiger partial charge in [0.05, 0.1) is 25.2 Å². The van der Waals surface area contributed by atoms with Gasteiger partial charge in [-0.2, -0.15) is 0 Å². The smallest absolute Gasteiger partial charge is 0.258 e. The van der Waals surface area contributed by atoms with Crippen LogP contribution in [0.5, 0.6) is 11.5 Å². The second kappa shape index (κ2) is 8.13. The van der Waals surface area contributed by atoms with Crippen molar-refractivity contribution in [3.05, 3.63) is 88.6 Å². The zero-order valence-corrected chi connectivity index (χ0v) is 16.5. The summed E-state index contributed by atoms with van der Waals surface area (Å²) in [7, 11) is 3.02. The van der Waals surface area contributed by atoms with Gasteiger partial charge < -0.3 is 13.9 Å². The van der Waals surface area contributed by atoms with E-state index in [4.69, 9.17) is 13.9 Å². The minimum atomic E-state index is -0.438. The van der Waals surface area contributed by atoms with Gasteiger partial charge in [0.1, 0.15) is 5.58 Å². The van der Waals surface area contributed by atoms with Crippen molar-refractivity contribution < 1.29 is 18.7 Å². The summed E-state index contributed by atoms with van der Waals surface area (Å²) >= 11 is 0. The van der Waals surface area contributed by atoms with Gasteiger partial charge in [-0.1, -0.05) is 42.5 Å². The summed E-state index contributed by atoms with van der Waals surface area (Å²) < 4.78 is 16.4. The number of hydrogen-bond acceptors (Lipinski definition) is 5. The molecule has 1 N–H and O–H groups in total. The van der Waals surface area contributed by atoms with E-state index in [0.29, 0.717) is 39.2 Å². The predicted octanol–water partition coefficient (Wildman–Crippen LogP) is 4.73. The Morgan fingerprint density at radius 1 is 0.867 bits per heavy atom. The maximum Gasteiger partial charge on any atom is 0.258 e. The molecule has 0 radical (unpaired) electrons. The Kier molecular flexibility index (Phi) is 5.22. The first-order chi connectivity index (χ1) is 14.6. The van der Waals surface area contributed by atoms with E-state index in [0.717, 1.165) is 0 Å². The lowest BCUT2D eigenvalue weighted by Crippen LogP contribution is -2.16. The van der Waals surface area contributed by atoms with E-state index in [1.807, 2.05) is 18.2 Å². The maximum atomic E-state index is 13.2. The molecule has 0 aliphatic carbocycles. The van der Waals surface area contributed by atoms with Gasteiger partial charge in [-0.25, -0.2) is 0 Å². The Bertz CT molecular complexity index is 1280. The van der Waals surface area contributed by atoms with Crippen LogP contribution in [0.1, 0.15) is 10.4 Å². The summed E-state index contributed by atoms with van der Waals surface area (Å²) in [5.74, 6) is 0.584. The Morgan fingerprint density at radius 3 is 2.30 bits per heavy atom. The fraction of sp³-hybridized carbons (Fsp3) is 0.0833. The fourth-order valence-electron chi connectivity index (χ4n) is 3.25. The average molecular weight is 401 g/mol. The molecular weight excluding hydrogens is 382 g/mol. The molecule has 0 saturated carbocycles. The van der Waals surface area contributed by atoms with Crippen LogP contribution in [0.3, 0.4) is 0 Å². The second-order valence-corrected chi connectivity index (χ2v) is 6.52. The molecule has 6 heteroatoms. The number of amides is 1. The number of carbonyl (C=O) groups excluding carboxylic acids is 1. The Balaban J connectivity index is 1.82. The van der Waals surface area contributed by atoms with Crippen molar-refractivity contribution in [2.45, 2.75) is 0 Å². The van der Waals surface area contributed by atoms with Crippen LogP contribution in [-0.4, -0.2) is 20.1 Å². The number of benzene rings is 3. The maximum absolute atomic E-state index is 13.2. The number of nitrogens with one attached hydrogen (secondary N) is 1. The van der Waals surface area contributed by atoms with Crippen LogP contribution in [0.15, 0.2) is 82.0 Å². The summed E-state index contributed by atoms with van der Waals surface area (Å²) in [4.78, 5) is 26.1. The van der Waals surface area contributed by atoms with Gasteiger partial charge in [0, 0.05) is 5.56 Å². The Hall–Kier alpha value is -4.06. The number of para-hydroxylation sites is 1. The molecular formula is C24H19NO5. The van der Waals surface area contributed by atoms with Gasteiger partial charge in [0.15, 0.2) is 11.5 Å². The minimum Gasteiger partial charge on any atom is -0.493 e. The van der Waals surface area contributed by atoms with Crippen molar-refractivity contribution in [1.82, 2.24) is 0 Å². The standard InChI is InChI=1S/C24H19NO5/c1-28-19-13-12-16(14-20(19)29-2)23(27)25-24-21(15-8-4-3-5-9-15)22(26)17-10-6-7-11-18(17)30-24/h3-14H,1-2H3,(H,25,27). The van der Waals surface area contributed by atoms with Crippen LogP contribution < -0.4 is 20.2 Å². The van der Waals surface area contributed by atoms with Crippen LogP contribution in [0.2, 0.25) is 0 Å². The summed E-state index contributed by atoms with van der Waals surface area (Å²) in [5, 5.41) is 3.19. The van der Waals surface area contributed by atoms with Crippen LogP contribution in [0.4, 0.5) is 5.88 Å². The highest BCUT2D eigenvalue weighted by atomic mass is 16.5. The number of methoxy groups -OCH3 is 2. The highest BCUT2D eigenvalue weighted by molar-refractivity contribution is 6.06. The largest absolute Gasteiger partial charge is 0.493 e. The average Bonchev–Trinajstić information content (AvgIpc) is 2.79. The molecule has 0 aliphatic rings. The fourth-order valence-corrected chi connectivity index (χ4v) is 3.25. The molecule has 0 fully saturated rings. The van der Waals surface area contributed by atoms with Crippen LogP contribution in [0, 0.1) is 0 Å². The summed E-state index contributed by atoms with van der Waals surface area (Å²) in [6.07, 6.45) is 0. The zero-order valence-electron chi connectivity index (χ0n) is 16.5. The molecule has 1 heterocycles. The van der Waals surface area contributed by atoms with Crippen molar-refractivity contribution in [1.29, 1.82) is 0 Å². The third kappa shape index (κ3) is 3.51. The molecule has 150 valence electrons. The molecule has 0 spiro atoms. The number of fused-ring (bicyclic) bond motifs is 1. The number of carbonyl (C=O) groups is 1. The van der Waals surface area contributed by atoms with Crippen LogP contribution in [-0.2, 0) is 0 Å². The predicted molar refractivity (Wildman–Crippen MR) is 115 cm³/mol. The number of rotatable bonds is 5. The summed E-state index contributed by atoms with van der Waals surface area (Å²) in [6, 6.07) is 20.9. The van der Waals surface area contributed by atoms with E-state index in [1.54, 1.807) is 54.6 Å². The molecule has 0 atom stereocenters. The lowest BCUT2D eigenvalue weighted by molar-refractivity contribution is 0.102. The van der Waals surface area contributed by atoms with E-state index in [2.05, 4.69) is 5.32 Å². The molecule has 1 aromatic heterocycles. The molecule has 0 bridgehead atoms. The minimum absolute atomic E-state index is 0.0877. The molecule has 6 nitrogen and oxygen atoms in total. The monoisotopic (exact) mass is 401 g/mol. The first-order valence-electron chi connectivity index (χ1n) is 9.27. The Labute approximate surface area is 172 Å². The van der Waals surface area contributed by atoms with Gasteiger partial charge >= 0.3 is 0 Å². The SMILES string of the molecule is COc1ccc(C(=O)Nc2oc3ccccc3c(=O)c2-c2ccccc2)cc1OC. The van der Waals surface area contributed by atoms with Gasteiger partial charge in [0.2, 0.25) is 11.3 Å².